The lowest BCUT2D eigenvalue weighted by molar-refractivity contribution is -0.136. The second kappa shape index (κ2) is 8.93. The van der Waals surface area contributed by atoms with Gasteiger partial charge in [0.1, 0.15) is 5.58 Å². The Morgan fingerprint density at radius 2 is 1.88 bits per heavy atom. The van der Waals surface area contributed by atoms with Crippen molar-refractivity contribution in [2.45, 2.75) is 53.0 Å². The summed E-state index contributed by atoms with van der Waals surface area (Å²) in [4.78, 5) is 26.5. The molecule has 0 unspecified atom stereocenters. The van der Waals surface area contributed by atoms with Crippen LogP contribution in [0.4, 0.5) is 11.6 Å². The first kappa shape index (κ1) is 22.9. The molecule has 2 N–H and O–H groups in total. The Bertz CT molecular complexity index is 1230. The Morgan fingerprint density at radius 1 is 1.18 bits per heavy atom. The van der Waals surface area contributed by atoms with Gasteiger partial charge in [0.15, 0.2) is 11.3 Å². The minimum atomic E-state index is -0.877. The maximum Gasteiger partial charge on any atom is 0.307 e. The van der Waals surface area contributed by atoms with E-state index in [1.54, 1.807) is 6.07 Å². The molecule has 1 fully saturated rings. The van der Waals surface area contributed by atoms with Gasteiger partial charge in [0.2, 0.25) is 0 Å². The standard InChI is InChI=1S/C27H32N2O4/c1-17-13-20(18(2)28-22-8-6-5-7-19(22)15-25(31)32)26-21(14-17)23(30)16-24(33-26)29-11-9-27(3,4)10-12-29/h5-8,13-14,16,18,28H,9-12,15H2,1-4H3,(H,31,32)/t18-/m1/s1. The number of anilines is 2. The SMILES string of the molecule is Cc1cc([C@@H](C)Nc2ccccc2CC(=O)O)c2oc(N3CCC(C)(C)CC3)cc(=O)c2c1. The minimum Gasteiger partial charge on any atom is -0.481 e. The Balaban J connectivity index is 1.72. The molecule has 1 atom stereocenters. The Kier molecular flexibility index (Phi) is 6.19. The molecule has 1 aliphatic rings. The van der Waals surface area contributed by atoms with E-state index >= 15 is 0 Å². The molecule has 2 heterocycles. The first-order valence-electron chi connectivity index (χ1n) is 11.5. The Hall–Kier alpha value is -3.28. The average molecular weight is 449 g/mol. The van der Waals surface area contributed by atoms with Crippen molar-refractivity contribution in [3.8, 4) is 0 Å². The molecule has 0 aliphatic carbocycles. The third kappa shape index (κ3) is 5.05. The summed E-state index contributed by atoms with van der Waals surface area (Å²) in [5.41, 5.74) is 4.18. The van der Waals surface area contributed by atoms with Crippen LogP contribution in [0, 0.1) is 12.3 Å². The molecular weight excluding hydrogens is 416 g/mol. The molecule has 174 valence electrons. The van der Waals surface area contributed by atoms with Crippen LogP contribution in [0.25, 0.3) is 11.0 Å². The first-order chi connectivity index (χ1) is 15.6. The van der Waals surface area contributed by atoms with Gasteiger partial charge >= 0.3 is 5.97 Å². The molecule has 1 aromatic heterocycles. The fourth-order valence-corrected chi connectivity index (χ4v) is 4.52. The normalized spacial score (nSPS) is 16.5. The van der Waals surface area contributed by atoms with Crippen LogP contribution in [0.2, 0.25) is 0 Å². The van der Waals surface area contributed by atoms with Crippen LogP contribution in [-0.2, 0) is 11.2 Å². The van der Waals surface area contributed by atoms with Crippen molar-refractivity contribution >= 4 is 28.5 Å². The smallest absolute Gasteiger partial charge is 0.307 e. The van der Waals surface area contributed by atoms with Gasteiger partial charge in [-0.2, -0.15) is 0 Å². The summed E-state index contributed by atoms with van der Waals surface area (Å²) in [6.45, 7) is 10.2. The third-order valence-corrected chi connectivity index (χ3v) is 6.61. The number of rotatable bonds is 6. The molecule has 1 aliphatic heterocycles. The van der Waals surface area contributed by atoms with Crippen molar-refractivity contribution < 1.29 is 14.3 Å². The number of carboxylic acids is 1. The average Bonchev–Trinajstić information content (AvgIpc) is 2.74. The molecular formula is C27H32N2O4. The van der Waals surface area contributed by atoms with Gasteiger partial charge in [-0.25, -0.2) is 0 Å². The molecule has 3 aromatic rings. The van der Waals surface area contributed by atoms with Gasteiger partial charge in [-0.1, -0.05) is 38.1 Å². The molecule has 6 nitrogen and oxygen atoms in total. The van der Waals surface area contributed by atoms with Crippen LogP contribution in [0.15, 0.2) is 51.7 Å². The zero-order valence-electron chi connectivity index (χ0n) is 19.8. The summed E-state index contributed by atoms with van der Waals surface area (Å²) in [5.74, 6) is -0.259. The lowest BCUT2D eigenvalue weighted by Gasteiger charge is -2.37. The number of nitrogens with zero attached hydrogens (tertiary/aromatic N) is 1. The van der Waals surface area contributed by atoms with Crippen LogP contribution < -0.4 is 15.6 Å². The lowest BCUT2D eigenvalue weighted by Crippen LogP contribution is -2.37. The summed E-state index contributed by atoms with van der Waals surface area (Å²) in [7, 11) is 0. The Labute approximate surface area is 194 Å². The lowest BCUT2D eigenvalue weighted by atomic mass is 9.83. The van der Waals surface area contributed by atoms with Crippen molar-refractivity contribution in [1.29, 1.82) is 0 Å². The predicted octanol–water partition coefficient (Wildman–Crippen LogP) is 5.53. The van der Waals surface area contributed by atoms with Crippen LogP contribution in [0.5, 0.6) is 0 Å². The number of fused-ring (bicyclic) bond motifs is 1. The molecule has 0 radical (unpaired) electrons. The van der Waals surface area contributed by atoms with E-state index in [1.165, 1.54) is 0 Å². The largest absolute Gasteiger partial charge is 0.481 e. The number of aryl methyl sites for hydroxylation is 1. The van der Waals surface area contributed by atoms with Gasteiger partial charge in [0.25, 0.3) is 0 Å². The van der Waals surface area contributed by atoms with Crippen LogP contribution >= 0.6 is 0 Å². The van der Waals surface area contributed by atoms with E-state index in [0.717, 1.165) is 42.7 Å². The molecule has 2 aromatic carbocycles. The first-order valence-corrected chi connectivity index (χ1v) is 11.5. The highest BCUT2D eigenvalue weighted by Gasteiger charge is 2.27. The van der Waals surface area contributed by atoms with E-state index in [2.05, 4.69) is 24.1 Å². The van der Waals surface area contributed by atoms with Gasteiger partial charge in [-0.15, -0.1) is 0 Å². The summed E-state index contributed by atoms with van der Waals surface area (Å²) in [5, 5.41) is 13.3. The number of carbonyl (C=O) groups is 1. The number of nitrogens with one attached hydrogen (secondary N) is 1. The molecule has 4 rings (SSSR count). The zero-order chi connectivity index (χ0) is 23.8. The topological polar surface area (TPSA) is 82.8 Å². The minimum absolute atomic E-state index is 0.0421. The number of piperidine rings is 1. The summed E-state index contributed by atoms with van der Waals surface area (Å²) >= 11 is 0. The number of para-hydroxylation sites is 1. The number of benzene rings is 2. The second-order valence-electron chi connectivity index (χ2n) is 9.92. The number of aliphatic carboxylic acids is 1. The molecule has 0 bridgehead atoms. The number of hydrogen-bond acceptors (Lipinski definition) is 5. The van der Waals surface area contributed by atoms with Gasteiger partial charge in [-0.3, -0.25) is 9.59 Å². The van der Waals surface area contributed by atoms with Crippen molar-refractivity contribution in [2.75, 3.05) is 23.3 Å². The molecule has 0 saturated carbocycles. The zero-order valence-corrected chi connectivity index (χ0v) is 19.8. The van der Waals surface area contributed by atoms with E-state index in [4.69, 9.17) is 4.42 Å². The number of hydrogen-bond donors (Lipinski definition) is 2. The maximum atomic E-state index is 13.1. The van der Waals surface area contributed by atoms with E-state index in [9.17, 15) is 14.7 Å². The van der Waals surface area contributed by atoms with Crippen LogP contribution in [0.1, 0.15) is 56.3 Å². The quantitative estimate of drug-likeness (QED) is 0.516. The highest BCUT2D eigenvalue weighted by atomic mass is 16.4. The summed E-state index contributed by atoms with van der Waals surface area (Å²) in [6.07, 6.45) is 2.04. The van der Waals surface area contributed by atoms with Crippen molar-refractivity contribution in [3.05, 3.63) is 69.4 Å². The third-order valence-electron chi connectivity index (χ3n) is 6.61. The van der Waals surface area contributed by atoms with Gasteiger partial charge in [0.05, 0.1) is 17.8 Å². The van der Waals surface area contributed by atoms with E-state index in [0.29, 0.717) is 27.8 Å². The van der Waals surface area contributed by atoms with E-state index in [-0.39, 0.29) is 17.9 Å². The number of carboxylic acid groups (broad SMARTS) is 1. The molecule has 0 spiro atoms. The highest BCUT2D eigenvalue weighted by Crippen LogP contribution is 2.34. The van der Waals surface area contributed by atoms with Gasteiger partial charge in [0, 0.05) is 30.4 Å². The second-order valence-corrected chi connectivity index (χ2v) is 9.92. The van der Waals surface area contributed by atoms with E-state index < -0.39 is 5.97 Å². The maximum absolute atomic E-state index is 13.1. The highest BCUT2D eigenvalue weighted by molar-refractivity contribution is 5.83. The Morgan fingerprint density at radius 3 is 2.58 bits per heavy atom. The summed E-state index contributed by atoms with van der Waals surface area (Å²) < 4.78 is 6.38. The van der Waals surface area contributed by atoms with Gasteiger partial charge in [-0.05, 0) is 55.4 Å². The summed E-state index contributed by atoms with van der Waals surface area (Å²) in [6, 6.07) is 12.7. The van der Waals surface area contributed by atoms with Crippen molar-refractivity contribution in [1.82, 2.24) is 0 Å². The van der Waals surface area contributed by atoms with Crippen molar-refractivity contribution in [3.63, 3.8) is 0 Å². The molecule has 33 heavy (non-hydrogen) atoms. The van der Waals surface area contributed by atoms with Crippen LogP contribution in [0.3, 0.4) is 0 Å². The van der Waals surface area contributed by atoms with Crippen molar-refractivity contribution in [2.24, 2.45) is 5.41 Å². The van der Waals surface area contributed by atoms with Crippen LogP contribution in [-0.4, -0.2) is 24.2 Å². The predicted molar refractivity (Wildman–Crippen MR) is 132 cm³/mol. The monoisotopic (exact) mass is 448 g/mol. The molecule has 6 heteroatoms. The fraction of sp³-hybridized carbons (Fsp3) is 0.407. The van der Waals surface area contributed by atoms with E-state index in [1.807, 2.05) is 50.2 Å². The fourth-order valence-electron chi connectivity index (χ4n) is 4.52. The van der Waals surface area contributed by atoms with Gasteiger partial charge < -0.3 is 19.7 Å². The molecule has 1 saturated heterocycles. The molecule has 0 amide bonds.